The zero-order valence-corrected chi connectivity index (χ0v) is 23.2. The highest BCUT2D eigenvalue weighted by molar-refractivity contribution is 5.95. The molecule has 9 nitrogen and oxygen atoms in total. The van der Waals surface area contributed by atoms with Gasteiger partial charge in [-0.1, -0.05) is 45.2 Å². The summed E-state index contributed by atoms with van der Waals surface area (Å²) in [6.07, 6.45) is 8.35. The number of amides is 2. The molecule has 0 unspecified atom stereocenters. The Hall–Kier alpha value is -3.33. The minimum Gasteiger partial charge on any atom is -0.377 e. The third-order valence-corrected chi connectivity index (χ3v) is 7.42. The Bertz CT molecular complexity index is 1070. The average molecular weight is 523 g/mol. The molecule has 1 saturated carbocycles. The van der Waals surface area contributed by atoms with Gasteiger partial charge >= 0.3 is 0 Å². The van der Waals surface area contributed by atoms with Gasteiger partial charge in [0, 0.05) is 30.7 Å². The predicted octanol–water partition coefficient (Wildman–Crippen LogP) is 3.28. The maximum atomic E-state index is 13.9. The van der Waals surface area contributed by atoms with Crippen molar-refractivity contribution in [2.45, 2.75) is 71.0 Å². The van der Waals surface area contributed by atoms with Gasteiger partial charge in [0.05, 0.1) is 18.6 Å². The van der Waals surface area contributed by atoms with Crippen LogP contribution in [0.15, 0.2) is 42.7 Å². The zero-order valence-electron chi connectivity index (χ0n) is 23.2. The number of carbonyl (C=O) groups excluding carboxylic acids is 3. The van der Waals surface area contributed by atoms with Crippen LogP contribution in [0.5, 0.6) is 0 Å². The lowest BCUT2D eigenvalue weighted by molar-refractivity contribution is -0.143. The van der Waals surface area contributed by atoms with E-state index in [1.54, 1.807) is 44.4 Å². The van der Waals surface area contributed by atoms with E-state index in [4.69, 9.17) is 0 Å². The fourth-order valence-corrected chi connectivity index (χ4v) is 5.21. The fourth-order valence-electron chi connectivity index (χ4n) is 5.21. The lowest BCUT2D eigenvalue weighted by atomic mass is 9.82. The summed E-state index contributed by atoms with van der Waals surface area (Å²) in [4.78, 5) is 50.4. The van der Waals surface area contributed by atoms with Gasteiger partial charge in [-0.3, -0.25) is 14.4 Å². The first-order valence-corrected chi connectivity index (χ1v) is 13.6. The largest absolute Gasteiger partial charge is 0.377 e. The summed E-state index contributed by atoms with van der Waals surface area (Å²) in [6, 6.07) is 7.62. The normalized spacial score (nSPS) is 16.4. The number of anilines is 1. The van der Waals surface area contributed by atoms with E-state index in [1.807, 2.05) is 38.1 Å². The molecule has 3 atom stereocenters. The van der Waals surface area contributed by atoms with Crippen LogP contribution in [0.25, 0.3) is 11.4 Å². The van der Waals surface area contributed by atoms with E-state index >= 15 is 0 Å². The molecule has 0 radical (unpaired) electrons. The smallest absolute Gasteiger partial charge is 0.245 e. The van der Waals surface area contributed by atoms with Crippen molar-refractivity contribution in [1.29, 1.82) is 0 Å². The van der Waals surface area contributed by atoms with E-state index in [0.29, 0.717) is 5.82 Å². The van der Waals surface area contributed by atoms with Crippen molar-refractivity contribution < 1.29 is 14.4 Å². The molecule has 3 rings (SSSR count). The fraction of sp³-hybridized carbons (Fsp3) is 0.552. The Kier molecular flexibility index (Phi) is 10.8. The molecule has 1 aliphatic carbocycles. The Morgan fingerprint density at radius 3 is 2.29 bits per heavy atom. The van der Waals surface area contributed by atoms with Crippen molar-refractivity contribution in [2.24, 2.45) is 11.8 Å². The summed E-state index contributed by atoms with van der Waals surface area (Å²) in [5.74, 6) is 0.00212. The average Bonchev–Trinajstić information content (AvgIpc) is 2.94. The minimum atomic E-state index is -0.651. The summed E-state index contributed by atoms with van der Waals surface area (Å²) in [5.41, 5.74) is 1.54. The lowest BCUT2D eigenvalue weighted by Crippen LogP contribution is -2.58. The van der Waals surface area contributed by atoms with Gasteiger partial charge in [-0.05, 0) is 56.8 Å². The van der Waals surface area contributed by atoms with E-state index in [0.717, 1.165) is 43.4 Å². The summed E-state index contributed by atoms with van der Waals surface area (Å²) in [6.45, 7) is 5.69. The predicted molar refractivity (Wildman–Crippen MR) is 149 cm³/mol. The highest BCUT2D eigenvalue weighted by Gasteiger charge is 2.38. The number of para-hydroxylation sites is 1. The molecular weight excluding hydrogens is 480 g/mol. The second kappa shape index (κ2) is 14.0. The molecule has 1 aromatic carbocycles. The van der Waals surface area contributed by atoms with Crippen LogP contribution in [0.2, 0.25) is 0 Å². The van der Waals surface area contributed by atoms with Crippen molar-refractivity contribution in [1.82, 2.24) is 25.5 Å². The van der Waals surface area contributed by atoms with Crippen LogP contribution in [0.1, 0.15) is 52.9 Å². The molecule has 1 fully saturated rings. The van der Waals surface area contributed by atoms with Gasteiger partial charge < -0.3 is 20.9 Å². The molecule has 2 aromatic rings. The monoisotopic (exact) mass is 522 g/mol. The number of nitrogens with zero attached hydrogens (tertiary/aromatic N) is 3. The van der Waals surface area contributed by atoms with Crippen LogP contribution in [0.3, 0.4) is 0 Å². The van der Waals surface area contributed by atoms with Crippen LogP contribution in [0, 0.1) is 11.8 Å². The maximum Gasteiger partial charge on any atom is 0.245 e. The Balaban J connectivity index is 1.77. The van der Waals surface area contributed by atoms with Crippen molar-refractivity contribution in [3.8, 4) is 11.4 Å². The zero-order chi connectivity index (χ0) is 27.7. The number of benzene rings is 1. The number of hydrogen-bond donors (Lipinski definition) is 3. The molecule has 1 aliphatic rings. The summed E-state index contributed by atoms with van der Waals surface area (Å²) in [7, 11) is 3.40. The summed E-state index contributed by atoms with van der Waals surface area (Å²) >= 11 is 0. The number of ketones is 1. The van der Waals surface area contributed by atoms with E-state index in [-0.39, 0.29) is 36.0 Å². The van der Waals surface area contributed by atoms with Gasteiger partial charge in [-0.2, -0.15) is 0 Å². The lowest BCUT2D eigenvalue weighted by Gasteiger charge is -2.37. The molecular formula is C29H42N6O3. The Labute approximate surface area is 226 Å². The van der Waals surface area contributed by atoms with Crippen LogP contribution in [-0.2, 0) is 14.4 Å². The highest BCUT2D eigenvalue weighted by Crippen LogP contribution is 2.29. The third kappa shape index (κ3) is 7.37. The van der Waals surface area contributed by atoms with Gasteiger partial charge in [-0.25, -0.2) is 9.97 Å². The molecule has 206 valence electrons. The van der Waals surface area contributed by atoms with E-state index < -0.39 is 18.1 Å². The van der Waals surface area contributed by atoms with Gasteiger partial charge in [0.1, 0.15) is 6.04 Å². The second-order valence-corrected chi connectivity index (χ2v) is 10.5. The van der Waals surface area contributed by atoms with Crippen molar-refractivity contribution >= 4 is 23.3 Å². The maximum absolute atomic E-state index is 13.9. The second-order valence-electron chi connectivity index (χ2n) is 10.5. The van der Waals surface area contributed by atoms with Crippen molar-refractivity contribution in [2.75, 3.05) is 26.0 Å². The SMILES string of the molecule is CN[C@@H](C)C(=O)N[C@H](C(=O)N(C)[C@H](C(=O)CNc1ccccc1-c1ncccn1)C(C)C)C1CCCCC1. The van der Waals surface area contributed by atoms with E-state index in [2.05, 4.69) is 25.9 Å². The molecule has 38 heavy (non-hydrogen) atoms. The third-order valence-electron chi connectivity index (χ3n) is 7.42. The van der Waals surface area contributed by atoms with Gasteiger partial charge in [0.2, 0.25) is 11.8 Å². The number of carbonyl (C=O) groups is 3. The first-order valence-electron chi connectivity index (χ1n) is 13.6. The summed E-state index contributed by atoms with van der Waals surface area (Å²) in [5, 5.41) is 9.18. The molecule has 3 N–H and O–H groups in total. The van der Waals surface area contributed by atoms with E-state index in [1.165, 1.54) is 0 Å². The number of likely N-dealkylation sites (N-methyl/N-ethyl adjacent to an activating group) is 2. The highest BCUT2D eigenvalue weighted by atomic mass is 16.2. The number of nitrogens with one attached hydrogen (secondary N) is 3. The van der Waals surface area contributed by atoms with E-state index in [9.17, 15) is 14.4 Å². The first kappa shape index (κ1) is 29.2. The summed E-state index contributed by atoms with van der Waals surface area (Å²) < 4.78 is 0. The first-order chi connectivity index (χ1) is 18.2. The quantitative estimate of drug-likeness (QED) is 0.392. The molecule has 0 aliphatic heterocycles. The number of Topliss-reactive ketones (excluding diaryl/α,β-unsaturated/α-hetero) is 1. The van der Waals surface area contributed by atoms with Crippen molar-refractivity contribution in [3.05, 3.63) is 42.7 Å². The molecule has 2 amide bonds. The van der Waals surface area contributed by atoms with Crippen LogP contribution in [0.4, 0.5) is 5.69 Å². The molecule has 1 heterocycles. The molecule has 0 saturated heterocycles. The van der Waals surface area contributed by atoms with Crippen LogP contribution < -0.4 is 16.0 Å². The van der Waals surface area contributed by atoms with Crippen LogP contribution >= 0.6 is 0 Å². The Morgan fingerprint density at radius 1 is 1.00 bits per heavy atom. The molecule has 0 bridgehead atoms. The number of aromatic nitrogens is 2. The number of rotatable bonds is 12. The van der Waals surface area contributed by atoms with Crippen LogP contribution in [-0.4, -0.2) is 71.2 Å². The minimum absolute atomic E-state index is 0.0432. The van der Waals surface area contributed by atoms with Gasteiger partial charge in [0.25, 0.3) is 0 Å². The van der Waals surface area contributed by atoms with Gasteiger partial charge in [0.15, 0.2) is 11.6 Å². The molecule has 0 spiro atoms. The number of hydrogen-bond acceptors (Lipinski definition) is 7. The standard InChI is InChI=1S/C29H42N6O3/c1-19(2)26(24(36)18-33-23-15-10-9-14-22(23)27-31-16-11-17-32-27)35(5)29(38)25(21-12-7-6-8-13-21)34-28(37)20(3)30-4/h9-11,14-17,19-21,25-26,30,33H,6-8,12-13,18H2,1-5H3,(H,34,37)/t20-,25-,26-/m0/s1. The Morgan fingerprint density at radius 2 is 1.66 bits per heavy atom. The topological polar surface area (TPSA) is 116 Å². The van der Waals surface area contributed by atoms with Crippen molar-refractivity contribution in [3.63, 3.8) is 0 Å². The molecule has 1 aromatic heterocycles. The molecule has 9 heteroatoms. The van der Waals surface area contributed by atoms with Gasteiger partial charge in [-0.15, -0.1) is 0 Å².